The van der Waals surface area contributed by atoms with Crippen LogP contribution >= 0.6 is 11.6 Å². The Morgan fingerprint density at radius 1 is 1.31 bits per heavy atom. The van der Waals surface area contributed by atoms with Gasteiger partial charge >= 0.3 is 12.3 Å². The lowest BCUT2D eigenvalue weighted by Gasteiger charge is -2.33. The number of aromatic nitrogens is 2. The van der Waals surface area contributed by atoms with Crippen LogP contribution in [0.2, 0.25) is 5.15 Å². The first kappa shape index (κ1) is 20.5. The van der Waals surface area contributed by atoms with Crippen molar-refractivity contribution in [2.75, 3.05) is 25.0 Å². The van der Waals surface area contributed by atoms with E-state index in [0.717, 1.165) is 6.07 Å². The Morgan fingerprint density at radius 2 is 1.92 bits per heavy atom. The van der Waals surface area contributed by atoms with Crippen LogP contribution in [0.15, 0.2) is 6.07 Å². The number of carbonyl (C=O) groups is 1. The minimum absolute atomic E-state index is 0.111. The molecule has 1 amide bonds. The summed E-state index contributed by atoms with van der Waals surface area (Å²) in [4.78, 5) is 13.6. The van der Waals surface area contributed by atoms with E-state index in [4.69, 9.17) is 16.3 Å². The normalized spacial score (nSPS) is 16.5. The average Bonchev–Trinajstić information content (AvgIpc) is 2.50. The molecule has 1 N–H and O–H groups in total. The van der Waals surface area contributed by atoms with Gasteiger partial charge in [-0.15, -0.1) is 10.2 Å². The lowest BCUT2D eigenvalue weighted by molar-refractivity contribution is -0.141. The van der Waals surface area contributed by atoms with Crippen molar-refractivity contribution in [3.63, 3.8) is 0 Å². The summed E-state index contributed by atoms with van der Waals surface area (Å²) in [6, 6.07) is 1.12. The fourth-order valence-electron chi connectivity index (χ4n) is 2.61. The number of likely N-dealkylation sites (tertiary alicyclic amines) is 1. The summed E-state index contributed by atoms with van der Waals surface area (Å²) < 4.78 is 44.3. The summed E-state index contributed by atoms with van der Waals surface area (Å²) in [7, 11) is 0. The van der Waals surface area contributed by atoms with E-state index in [-0.39, 0.29) is 22.9 Å². The summed E-state index contributed by atoms with van der Waals surface area (Å²) in [6.45, 7) is 6.73. The second-order valence-corrected chi connectivity index (χ2v) is 7.61. The van der Waals surface area contributed by atoms with E-state index in [1.165, 1.54) is 0 Å². The van der Waals surface area contributed by atoms with Crippen LogP contribution in [-0.4, -0.2) is 46.4 Å². The van der Waals surface area contributed by atoms with Crippen molar-refractivity contribution >= 4 is 23.4 Å². The Morgan fingerprint density at radius 3 is 2.46 bits per heavy atom. The summed E-state index contributed by atoms with van der Waals surface area (Å²) in [6.07, 6.45) is -3.65. The zero-order chi connectivity index (χ0) is 19.5. The number of hydrogen-bond donors (Lipinski definition) is 1. The molecular weight excluding hydrogens is 373 g/mol. The molecule has 0 radical (unpaired) electrons. The van der Waals surface area contributed by atoms with Crippen LogP contribution in [0, 0.1) is 5.92 Å². The van der Waals surface area contributed by atoms with E-state index >= 15 is 0 Å². The van der Waals surface area contributed by atoms with E-state index in [1.807, 2.05) is 0 Å². The first-order valence-corrected chi connectivity index (χ1v) is 8.66. The highest BCUT2D eigenvalue weighted by Gasteiger charge is 2.36. The molecule has 6 nitrogen and oxygen atoms in total. The molecule has 2 heterocycles. The smallest absolute Gasteiger partial charge is 0.437 e. The molecule has 1 saturated heterocycles. The number of ether oxygens (including phenoxy) is 1. The number of alkyl halides is 3. The number of halogens is 4. The molecule has 1 aliphatic heterocycles. The standard InChI is InChI=1S/C16H22ClF3N4O2/c1-15(2,3)26-14(25)24-6-4-10(5-7-24)9-21-11-8-12(17)22-23-13(11)16(18,19)20/h8,10H,4-7,9H2,1-3H3,(H,21,22). The molecular formula is C16H22ClF3N4O2. The van der Waals surface area contributed by atoms with Gasteiger partial charge in [0.15, 0.2) is 10.8 Å². The number of amides is 1. The molecule has 1 aliphatic rings. The van der Waals surface area contributed by atoms with Crippen molar-refractivity contribution < 1.29 is 22.7 Å². The van der Waals surface area contributed by atoms with Crippen LogP contribution in [0.5, 0.6) is 0 Å². The number of nitrogens with zero attached hydrogens (tertiary/aromatic N) is 3. The van der Waals surface area contributed by atoms with E-state index < -0.39 is 17.5 Å². The Hall–Kier alpha value is -1.77. The molecule has 0 aliphatic carbocycles. The van der Waals surface area contributed by atoms with E-state index in [1.54, 1.807) is 25.7 Å². The summed E-state index contributed by atoms with van der Waals surface area (Å²) in [5.41, 5.74) is -1.84. The molecule has 0 atom stereocenters. The molecule has 2 rings (SSSR count). The minimum Gasteiger partial charge on any atom is -0.444 e. The predicted octanol–water partition coefficient (Wildman–Crippen LogP) is 4.21. The maximum Gasteiger partial charge on any atom is 0.437 e. The third-order valence-electron chi connectivity index (χ3n) is 3.88. The number of anilines is 1. The SMILES string of the molecule is CC(C)(C)OC(=O)N1CCC(CNc2cc(Cl)nnc2C(F)(F)F)CC1. The van der Waals surface area contributed by atoms with Crippen LogP contribution in [0.1, 0.15) is 39.3 Å². The zero-order valence-electron chi connectivity index (χ0n) is 14.9. The maximum absolute atomic E-state index is 13.0. The van der Waals surface area contributed by atoms with Crippen molar-refractivity contribution in [1.29, 1.82) is 0 Å². The van der Waals surface area contributed by atoms with Gasteiger partial charge in [-0.25, -0.2) is 4.79 Å². The van der Waals surface area contributed by atoms with Crippen molar-refractivity contribution in [1.82, 2.24) is 15.1 Å². The summed E-state index contributed by atoms with van der Waals surface area (Å²) in [5.74, 6) is 0.127. The second-order valence-electron chi connectivity index (χ2n) is 7.22. The molecule has 10 heteroatoms. The van der Waals surface area contributed by atoms with Gasteiger partial charge in [0.1, 0.15) is 5.60 Å². The first-order chi connectivity index (χ1) is 12.0. The van der Waals surface area contributed by atoms with E-state index in [9.17, 15) is 18.0 Å². The van der Waals surface area contributed by atoms with Gasteiger partial charge in [0.25, 0.3) is 0 Å². The predicted molar refractivity (Wildman–Crippen MR) is 91.1 cm³/mol. The van der Waals surface area contributed by atoms with Crippen molar-refractivity contribution in [2.24, 2.45) is 5.92 Å². The number of nitrogens with one attached hydrogen (secondary N) is 1. The van der Waals surface area contributed by atoms with Gasteiger partial charge in [-0.05, 0) is 39.5 Å². The molecule has 146 valence electrons. The van der Waals surface area contributed by atoms with Gasteiger partial charge in [-0.3, -0.25) is 0 Å². The number of hydrogen-bond acceptors (Lipinski definition) is 5. The third-order valence-corrected chi connectivity index (χ3v) is 4.06. The summed E-state index contributed by atoms with van der Waals surface area (Å²) in [5, 5.41) is 9.06. The molecule has 0 unspecified atom stereocenters. The minimum atomic E-state index is -4.61. The number of piperidine rings is 1. The molecule has 0 spiro atoms. The van der Waals surface area contributed by atoms with E-state index in [2.05, 4.69) is 15.5 Å². The Bertz CT molecular complexity index is 641. The van der Waals surface area contributed by atoms with Crippen LogP contribution in [0.3, 0.4) is 0 Å². The van der Waals surface area contributed by atoms with Gasteiger partial charge in [0, 0.05) is 25.7 Å². The molecule has 1 aromatic heterocycles. The quantitative estimate of drug-likeness (QED) is 0.831. The van der Waals surface area contributed by atoms with E-state index in [0.29, 0.717) is 32.5 Å². The lowest BCUT2D eigenvalue weighted by atomic mass is 9.97. The Kier molecular flexibility index (Phi) is 6.21. The average molecular weight is 395 g/mol. The van der Waals surface area contributed by atoms with Crippen molar-refractivity contribution in [2.45, 2.75) is 45.4 Å². The largest absolute Gasteiger partial charge is 0.444 e. The third kappa shape index (κ3) is 5.89. The molecule has 1 fully saturated rings. The molecule has 0 saturated carbocycles. The highest BCUT2D eigenvalue weighted by Crippen LogP contribution is 2.34. The number of carbonyl (C=O) groups excluding carboxylic acids is 1. The van der Waals surface area contributed by atoms with Gasteiger partial charge in [-0.1, -0.05) is 11.6 Å². The second kappa shape index (κ2) is 7.85. The van der Waals surface area contributed by atoms with Crippen molar-refractivity contribution in [3.05, 3.63) is 16.9 Å². The highest BCUT2D eigenvalue weighted by molar-refractivity contribution is 6.29. The van der Waals surface area contributed by atoms with Crippen molar-refractivity contribution in [3.8, 4) is 0 Å². The fourth-order valence-corrected chi connectivity index (χ4v) is 2.76. The first-order valence-electron chi connectivity index (χ1n) is 8.28. The molecule has 1 aromatic rings. The highest BCUT2D eigenvalue weighted by atomic mass is 35.5. The van der Waals surface area contributed by atoms with Gasteiger partial charge in [-0.2, -0.15) is 13.2 Å². The topological polar surface area (TPSA) is 67.3 Å². The number of rotatable bonds is 3. The Labute approximate surface area is 155 Å². The lowest BCUT2D eigenvalue weighted by Crippen LogP contribution is -2.42. The molecule has 0 bridgehead atoms. The Balaban J connectivity index is 1.89. The van der Waals surface area contributed by atoms with Crippen LogP contribution in [0.25, 0.3) is 0 Å². The fraction of sp³-hybridized carbons (Fsp3) is 0.688. The van der Waals surface area contributed by atoms with Gasteiger partial charge < -0.3 is 15.0 Å². The maximum atomic E-state index is 13.0. The molecule has 0 aromatic carbocycles. The molecule has 26 heavy (non-hydrogen) atoms. The van der Waals surface area contributed by atoms with Crippen LogP contribution < -0.4 is 5.32 Å². The van der Waals surface area contributed by atoms with Crippen LogP contribution in [0.4, 0.5) is 23.7 Å². The van der Waals surface area contributed by atoms with Crippen LogP contribution in [-0.2, 0) is 10.9 Å². The zero-order valence-corrected chi connectivity index (χ0v) is 15.6. The van der Waals surface area contributed by atoms with Gasteiger partial charge in [0.2, 0.25) is 0 Å². The monoisotopic (exact) mass is 394 g/mol. The van der Waals surface area contributed by atoms with Gasteiger partial charge in [0.05, 0.1) is 5.69 Å². The summed E-state index contributed by atoms with van der Waals surface area (Å²) >= 11 is 5.66.